The first-order chi connectivity index (χ1) is 7.34. The van der Waals surface area contributed by atoms with Gasteiger partial charge in [0.05, 0.1) is 16.5 Å². The molecule has 15 heavy (non-hydrogen) atoms. The Morgan fingerprint density at radius 3 is 3.00 bits per heavy atom. The predicted octanol–water partition coefficient (Wildman–Crippen LogP) is 2.61. The highest BCUT2D eigenvalue weighted by Crippen LogP contribution is 2.11. The molecule has 0 N–H and O–H groups in total. The number of dihydropyridines is 1. The summed E-state index contributed by atoms with van der Waals surface area (Å²) in [5.41, 5.74) is 0.878. The summed E-state index contributed by atoms with van der Waals surface area (Å²) in [5, 5.41) is 0.641. The molecule has 3 nitrogen and oxygen atoms in total. The quantitative estimate of drug-likeness (QED) is 0.788. The van der Waals surface area contributed by atoms with E-state index in [-0.39, 0.29) is 0 Å². The summed E-state index contributed by atoms with van der Waals surface area (Å²) in [6, 6.07) is 3.67. The number of pyridine rings is 1. The first kappa shape index (κ1) is 10.2. The van der Waals surface area contributed by atoms with Crippen LogP contribution in [-0.2, 0) is 11.3 Å². The van der Waals surface area contributed by atoms with Crippen LogP contribution < -0.4 is 0 Å². The number of allylic oxidation sites excluding steroid dienone is 1. The van der Waals surface area contributed by atoms with Crippen molar-refractivity contribution < 1.29 is 4.74 Å². The molecule has 0 amide bonds. The first-order valence-electron chi connectivity index (χ1n) is 4.77. The number of ether oxygens (including phenoxy) is 1. The molecular formula is C11H11ClN2O. The minimum absolute atomic E-state index is 0.483. The average Bonchev–Trinajstić information content (AvgIpc) is 2.30. The van der Waals surface area contributed by atoms with Gasteiger partial charge < -0.3 is 4.74 Å². The lowest BCUT2D eigenvalue weighted by molar-refractivity contribution is 0.186. The summed E-state index contributed by atoms with van der Waals surface area (Å²) in [4.78, 5) is 8.22. The molecule has 0 unspecified atom stereocenters. The van der Waals surface area contributed by atoms with E-state index in [0.717, 1.165) is 24.4 Å². The molecule has 4 heteroatoms. The standard InChI is InChI=1S/C11H11ClN2O/c12-9-1-2-10(14-7-9)8-15-11-3-5-13-6-4-11/h1-3,5,7H,4,6,8H2. The van der Waals surface area contributed by atoms with Gasteiger partial charge in [-0.1, -0.05) is 11.6 Å². The monoisotopic (exact) mass is 222 g/mol. The van der Waals surface area contributed by atoms with Crippen molar-refractivity contribution in [2.24, 2.45) is 4.99 Å². The number of nitrogens with zero attached hydrogens (tertiary/aromatic N) is 2. The molecule has 0 radical (unpaired) electrons. The SMILES string of the molecule is Clc1ccc(COC2=CC=NCC2)nc1. The second-order valence-electron chi connectivity index (χ2n) is 3.19. The van der Waals surface area contributed by atoms with Gasteiger partial charge in [-0.05, 0) is 18.2 Å². The van der Waals surface area contributed by atoms with Gasteiger partial charge in [0, 0.05) is 25.4 Å². The highest BCUT2D eigenvalue weighted by molar-refractivity contribution is 6.30. The summed E-state index contributed by atoms with van der Waals surface area (Å²) in [6.45, 7) is 1.29. The maximum Gasteiger partial charge on any atom is 0.130 e. The van der Waals surface area contributed by atoms with Crippen molar-refractivity contribution in [3.05, 3.63) is 40.9 Å². The van der Waals surface area contributed by atoms with Crippen molar-refractivity contribution in [3.8, 4) is 0 Å². The minimum Gasteiger partial charge on any atom is -0.492 e. The second kappa shape index (κ2) is 4.94. The zero-order chi connectivity index (χ0) is 10.5. The van der Waals surface area contributed by atoms with Crippen LogP contribution in [0.2, 0.25) is 5.02 Å². The number of rotatable bonds is 3. The van der Waals surface area contributed by atoms with E-state index in [1.54, 1.807) is 12.4 Å². The highest BCUT2D eigenvalue weighted by Gasteiger charge is 2.02. The maximum atomic E-state index is 5.73. The van der Waals surface area contributed by atoms with Crippen molar-refractivity contribution in [2.45, 2.75) is 13.0 Å². The average molecular weight is 223 g/mol. The highest BCUT2D eigenvalue weighted by atomic mass is 35.5. The van der Waals surface area contributed by atoms with Gasteiger partial charge in [-0.2, -0.15) is 0 Å². The largest absolute Gasteiger partial charge is 0.492 e. The van der Waals surface area contributed by atoms with E-state index in [1.807, 2.05) is 18.2 Å². The van der Waals surface area contributed by atoms with Crippen molar-refractivity contribution >= 4 is 17.8 Å². The number of hydrogen-bond donors (Lipinski definition) is 0. The summed E-state index contributed by atoms with van der Waals surface area (Å²) in [7, 11) is 0. The van der Waals surface area contributed by atoms with Crippen LogP contribution in [0.5, 0.6) is 0 Å². The Hall–Kier alpha value is -1.35. The second-order valence-corrected chi connectivity index (χ2v) is 3.63. The van der Waals surface area contributed by atoms with E-state index >= 15 is 0 Å². The van der Waals surface area contributed by atoms with Crippen molar-refractivity contribution in [1.82, 2.24) is 4.98 Å². The number of aliphatic imine (C=N–C) groups is 1. The van der Waals surface area contributed by atoms with Crippen LogP contribution >= 0.6 is 11.6 Å². The Morgan fingerprint density at radius 2 is 2.33 bits per heavy atom. The van der Waals surface area contributed by atoms with E-state index < -0.39 is 0 Å². The van der Waals surface area contributed by atoms with E-state index in [4.69, 9.17) is 16.3 Å². The molecule has 0 aromatic carbocycles. The van der Waals surface area contributed by atoms with Gasteiger partial charge in [0.1, 0.15) is 6.61 Å². The number of halogens is 1. The molecule has 0 saturated carbocycles. The van der Waals surface area contributed by atoms with Crippen LogP contribution in [0.15, 0.2) is 35.2 Å². The summed E-state index contributed by atoms with van der Waals surface area (Å²) in [5.74, 6) is 0.960. The van der Waals surface area contributed by atoms with Gasteiger partial charge >= 0.3 is 0 Å². The van der Waals surface area contributed by atoms with Gasteiger partial charge in [0.2, 0.25) is 0 Å². The fourth-order valence-corrected chi connectivity index (χ4v) is 1.36. The molecule has 1 aliphatic heterocycles. The van der Waals surface area contributed by atoms with Crippen LogP contribution in [0.4, 0.5) is 0 Å². The van der Waals surface area contributed by atoms with Gasteiger partial charge in [-0.25, -0.2) is 0 Å². The van der Waals surface area contributed by atoms with Crippen molar-refractivity contribution in [2.75, 3.05) is 6.54 Å². The van der Waals surface area contributed by atoms with Crippen LogP contribution in [0.25, 0.3) is 0 Å². The van der Waals surface area contributed by atoms with E-state index in [2.05, 4.69) is 9.98 Å². The molecular weight excluding hydrogens is 212 g/mol. The molecule has 2 rings (SSSR count). The van der Waals surface area contributed by atoms with Gasteiger partial charge in [-0.15, -0.1) is 0 Å². The summed E-state index contributed by atoms with van der Waals surface area (Å²) < 4.78 is 5.57. The van der Waals surface area contributed by atoms with Crippen molar-refractivity contribution in [3.63, 3.8) is 0 Å². The van der Waals surface area contributed by atoms with Crippen LogP contribution in [0.1, 0.15) is 12.1 Å². The normalized spacial score (nSPS) is 14.9. The van der Waals surface area contributed by atoms with E-state index in [9.17, 15) is 0 Å². The minimum atomic E-state index is 0.483. The Balaban J connectivity index is 1.90. The molecule has 0 bridgehead atoms. The lowest BCUT2D eigenvalue weighted by Crippen LogP contribution is -2.01. The van der Waals surface area contributed by atoms with E-state index in [1.165, 1.54) is 0 Å². The van der Waals surface area contributed by atoms with Crippen LogP contribution in [0.3, 0.4) is 0 Å². The Morgan fingerprint density at radius 1 is 1.40 bits per heavy atom. The summed E-state index contributed by atoms with van der Waals surface area (Å²) in [6.07, 6.45) is 6.15. The van der Waals surface area contributed by atoms with Gasteiger partial charge in [-0.3, -0.25) is 9.98 Å². The third kappa shape index (κ3) is 3.06. The third-order valence-electron chi connectivity index (χ3n) is 2.05. The first-order valence-corrected chi connectivity index (χ1v) is 5.14. The van der Waals surface area contributed by atoms with Crippen molar-refractivity contribution in [1.29, 1.82) is 0 Å². The smallest absolute Gasteiger partial charge is 0.130 e. The number of hydrogen-bond acceptors (Lipinski definition) is 3. The topological polar surface area (TPSA) is 34.5 Å². The van der Waals surface area contributed by atoms with Crippen LogP contribution in [0, 0.1) is 0 Å². The Bertz CT molecular complexity index is 384. The zero-order valence-corrected chi connectivity index (χ0v) is 8.94. The molecule has 0 saturated heterocycles. The Labute approximate surface area is 93.5 Å². The van der Waals surface area contributed by atoms with Gasteiger partial charge in [0.25, 0.3) is 0 Å². The fraction of sp³-hybridized carbons (Fsp3) is 0.273. The molecule has 0 fully saturated rings. The summed E-state index contributed by atoms with van der Waals surface area (Å²) >= 11 is 5.73. The molecule has 1 aliphatic rings. The molecule has 0 atom stereocenters. The third-order valence-corrected chi connectivity index (χ3v) is 2.27. The lowest BCUT2D eigenvalue weighted by atomic mass is 10.3. The predicted molar refractivity (Wildman–Crippen MR) is 60.1 cm³/mol. The number of aromatic nitrogens is 1. The van der Waals surface area contributed by atoms with Gasteiger partial charge in [0.15, 0.2) is 0 Å². The molecule has 1 aromatic rings. The van der Waals surface area contributed by atoms with Crippen LogP contribution in [-0.4, -0.2) is 17.7 Å². The lowest BCUT2D eigenvalue weighted by Gasteiger charge is -2.10. The zero-order valence-electron chi connectivity index (χ0n) is 8.19. The molecule has 78 valence electrons. The molecule has 0 spiro atoms. The molecule has 2 heterocycles. The molecule has 0 aliphatic carbocycles. The van der Waals surface area contributed by atoms with E-state index in [0.29, 0.717) is 11.6 Å². The maximum absolute atomic E-state index is 5.73. The molecule has 1 aromatic heterocycles. The Kier molecular flexibility index (Phi) is 3.35. The fourth-order valence-electron chi connectivity index (χ4n) is 1.25.